The number of likely N-dealkylation sites (N-methyl/N-ethyl adjacent to an activating group) is 1. The lowest BCUT2D eigenvalue weighted by Crippen LogP contribution is -2.22. The van der Waals surface area contributed by atoms with Crippen molar-refractivity contribution in [2.24, 2.45) is 0 Å². The number of aromatic amines is 1. The van der Waals surface area contributed by atoms with Crippen LogP contribution in [0.3, 0.4) is 0 Å². The van der Waals surface area contributed by atoms with Gasteiger partial charge in [-0.1, -0.05) is 6.92 Å². The Bertz CT molecular complexity index is 538. The first-order chi connectivity index (χ1) is 8.49. The molecular formula is C13H17N3O2. The molecule has 0 aliphatic heterocycles. The number of ketones is 1. The number of H-pyrrole nitrogens is 1. The fraction of sp³-hybridized carbons (Fsp3) is 0.462. The lowest BCUT2D eigenvalue weighted by molar-refractivity contribution is 0.0986. The van der Waals surface area contributed by atoms with Crippen LogP contribution < -0.4 is 5.56 Å². The molecule has 0 atom stereocenters. The molecule has 0 aliphatic carbocycles. The normalized spacial score (nSPS) is 10.4. The number of carbonyl (C=O) groups is 1. The van der Waals surface area contributed by atoms with Crippen molar-refractivity contribution in [1.82, 2.24) is 9.88 Å². The highest BCUT2D eigenvalue weighted by Crippen LogP contribution is 2.10. The molecule has 1 rings (SSSR count). The van der Waals surface area contributed by atoms with Gasteiger partial charge in [-0.15, -0.1) is 0 Å². The maximum Gasteiger partial charge on any atom is 0.266 e. The van der Waals surface area contributed by atoms with Crippen molar-refractivity contribution in [3.05, 3.63) is 33.2 Å². The number of hydrogen-bond acceptors (Lipinski definition) is 4. The van der Waals surface area contributed by atoms with Crippen molar-refractivity contribution in [2.75, 3.05) is 20.6 Å². The van der Waals surface area contributed by atoms with Crippen LogP contribution in [0.4, 0.5) is 0 Å². The molecule has 1 aromatic rings. The van der Waals surface area contributed by atoms with E-state index in [0.717, 1.165) is 6.54 Å². The molecule has 0 spiro atoms. The Balaban J connectivity index is 3.22. The number of Topliss-reactive ketones (excluding diaryl/α,β-unsaturated/α-hetero) is 1. The zero-order chi connectivity index (χ0) is 13.7. The third-order valence-electron chi connectivity index (χ3n) is 2.67. The third-order valence-corrected chi connectivity index (χ3v) is 2.67. The number of aromatic nitrogens is 1. The molecule has 18 heavy (non-hydrogen) atoms. The van der Waals surface area contributed by atoms with Crippen LogP contribution >= 0.6 is 0 Å². The van der Waals surface area contributed by atoms with Gasteiger partial charge in [0.2, 0.25) is 0 Å². The Hall–Kier alpha value is -1.93. The number of pyridine rings is 1. The van der Waals surface area contributed by atoms with Gasteiger partial charge >= 0.3 is 0 Å². The number of nitriles is 1. The lowest BCUT2D eigenvalue weighted by Gasteiger charge is -2.12. The minimum absolute atomic E-state index is 0.0135. The molecule has 0 aliphatic rings. The summed E-state index contributed by atoms with van der Waals surface area (Å²) in [6, 6.07) is 3.20. The first-order valence-corrected chi connectivity index (χ1v) is 5.83. The zero-order valence-electron chi connectivity index (χ0n) is 10.9. The molecule has 0 aromatic carbocycles. The van der Waals surface area contributed by atoms with Crippen LogP contribution in [-0.2, 0) is 6.42 Å². The first kappa shape index (κ1) is 14.1. The lowest BCUT2D eigenvalue weighted by atomic mass is 10.0. The van der Waals surface area contributed by atoms with Gasteiger partial charge in [0.05, 0.1) is 0 Å². The third kappa shape index (κ3) is 3.28. The van der Waals surface area contributed by atoms with Gasteiger partial charge in [-0.2, -0.15) is 5.26 Å². The Morgan fingerprint density at radius 3 is 2.67 bits per heavy atom. The van der Waals surface area contributed by atoms with Crippen molar-refractivity contribution >= 4 is 5.78 Å². The molecule has 0 unspecified atom stereocenters. The maximum absolute atomic E-state index is 11.8. The number of rotatable bonds is 5. The second-order valence-corrected chi connectivity index (χ2v) is 4.35. The van der Waals surface area contributed by atoms with Gasteiger partial charge in [-0.25, -0.2) is 0 Å². The molecule has 1 heterocycles. The molecule has 0 saturated carbocycles. The van der Waals surface area contributed by atoms with Gasteiger partial charge in [0.15, 0.2) is 5.78 Å². The van der Waals surface area contributed by atoms with Crippen molar-refractivity contribution in [3.63, 3.8) is 0 Å². The molecule has 5 heteroatoms. The van der Waals surface area contributed by atoms with E-state index in [2.05, 4.69) is 4.98 Å². The number of nitrogens with zero attached hydrogens (tertiary/aromatic N) is 2. The van der Waals surface area contributed by atoms with E-state index in [0.29, 0.717) is 24.1 Å². The summed E-state index contributed by atoms with van der Waals surface area (Å²) in [5.74, 6) is -0.0588. The number of carbonyl (C=O) groups excluding carboxylic acids is 1. The summed E-state index contributed by atoms with van der Waals surface area (Å²) < 4.78 is 0. The fourth-order valence-corrected chi connectivity index (χ4v) is 1.62. The highest BCUT2D eigenvalue weighted by molar-refractivity contribution is 5.97. The molecule has 0 bridgehead atoms. The summed E-state index contributed by atoms with van der Waals surface area (Å²) in [4.78, 5) is 28.0. The highest BCUT2D eigenvalue weighted by atomic mass is 16.1. The first-order valence-electron chi connectivity index (χ1n) is 5.83. The van der Waals surface area contributed by atoms with Gasteiger partial charge in [0.25, 0.3) is 5.56 Å². The minimum Gasteiger partial charge on any atom is -0.324 e. The van der Waals surface area contributed by atoms with E-state index in [-0.39, 0.29) is 11.3 Å². The van der Waals surface area contributed by atoms with Crippen LogP contribution in [-0.4, -0.2) is 36.3 Å². The van der Waals surface area contributed by atoms with Crippen LogP contribution in [0.1, 0.15) is 35.0 Å². The summed E-state index contributed by atoms with van der Waals surface area (Å²) >= 11 is 0. The van der Waals surface area contributed by atoms with E-state index >= 15 is 0 Å². The van der Waals surface area contributed by atoms with Crippen LogP contribution in [0.2, 0.25) is 0 Å². The van der Waals surface area contributed by atoms with E-state index in [1.165, 1.54) is 6.07 Å². The van der Waals surface area contributed by atoms with Gasteiger partial charge in [0.1, 0.15) is 11.6 Å². The van der Waals surface area contributed by atoms with Crippen LogP contribution in [0.5, 0.6) is 0 Å². The summed E-state index contributed by atoms with van der Waals surface area (Å²) in [7, 11) is 3.84. The van der Waals surface area contributed by atoms with Crippen molar-refractivity contribution in [3.8, 4) is 6.07 Å². The van der Waals surface area contributed by atoms with Crippen LogP contribution in [0.25, 0.3) is 0 Å². The fourth-order valence-electron chi connectivity index (χ4n) is 1.62. The Morgan fingerprint density at radius 2 is 2.17 bits per heavy atom. The quantitative estimate of drug-likeness (QED) is 0.786. The zero-order valence-corrected chi connectivity index (χ0v) is 10.9. The standard InChI is InChI=1S/C13H17N3O2/c1-4-12(17)10-7-9(8-14)13(18)15-11(10)5-6-16(2)3/h7H,4-6H2,1-3H3,(H,15,18). The molecule has 0 fully saturated rings. The molecular weight excluding hydrogens is 230 g/mol. The van der Waals surface area contributed by atoms with Crippen molar-refractivity contribution < 1.29 is 4.79 Å². The molecule has 0 saturated heterocycles. The van der Waals surface area contributed by atoms with Crippen LogP contribution in [0.15, 0.2) is 10.9 Å². The van der Waals surface area contributed by atoms with Gasteiger partial charge in [-0.05, 0) is 20.2 Å². The van der Waals surface area contributed by atoms with Gasteiger partial charge in [-0.3, -0.25) is 9.59 Å². The van der Waals surface area contributed by atoms with Crippen molar-refractivity contribution in [2.45, 2.75) is 19.8 Å². The van der Waals surface area contributed by atoms with Gasteiger partial charge < -0.3 is 9.88 Å². The summed E-state index contributed by atoms with van der Waals surface area (Å²) in [5.41, 5.74) is 0.620. The Labute approximate surface area is 106 Å². The second-order valence-electron chi connectivity index (χ2n) is 4.35. The number of hydrogen-bond donors (Lipinski definition) is 1. The molecule has 5 nitrogen and oxygen atoms in total. The summed E-state index contributed by atoms with van der Waals surface area (Å²) in [6.07, 6.45) is 0.931. The predicted molar refractivity (Wildman–Crippen MR) is 68.7 cm³/mol. The smallest absolute Gasteiger partial charge is 0.266 e. The van der Waals surface area contributed by atoms with E-state index in [1.54, 1.807) is 13.0 Å². The molecule has 1 N–H and O–H groups in total. The van der Waals surface area contributed by atoms with E-state index < -0.39 is 5.56 Å². The minimum atomic E-state index is -0.432. The second kappa shape index (κ2) is 6.12. The molecule has 0 amide bonds. The summed E-state index contributed by atoms with van der Waals surface area (Å²) in [6.45, 7) is 2.49. The predicted octanol–water partition coefficient (Wildman–Crippen LogP) is 0.943. The average Bonchev–Trinajstić information content (AvgIpc) is 2.35. The van der Waals surface area contributed by atoms with E-state index in [1.807, 2.05) is 19.0 Å². The van der Waals surface area contributed by atoms with E-state index in [4.69, 9.17) is 5.26 Å². The number of nitrogens with one attached hydrogen (secondary N) is 1. The largest absolute Gasteiger partial charge is 0.324 e. The molecule has 96 valence electrons. The molecule has 0 radical (unpaired) electrons. The maximum atomic E-state index is 11.8. The van der Waals surface area contributed by atoms with Crippen LogP contribution in [0, 0.1) is 11.3 Å². The van der Waals surface area contributed by atoms with Crippen molar-refractivity contribution in [1.29, 1.82) is 5.26 Å². The topological polar surface area (TPSA) is 77.0 Å². The van der Waals surface area contributed by atoms with Gasteiger partial charge in [0, 0.05) is 30.6 Å². The van der Waals surface area contributed by atoms with E-state index in [9.17, 15) is 9.59 Å². The monoisotopic (exact) mass is 247 g/mol. The Morgan fingerprint density at radius 1 is 1.50 bits per heavy atom. The average molecular weight is 247 g/mol. The molecule has 1 aromatic heterocycles. The Kier molecular flexibility index (Phi) is 4.81. The summed E-state index contributed by atoms with van der Waals surface area (Å²) in [5, 5.41) is 8.82. The SMILES string of the molecule is CCC(=O)c1cc(C#N)c(=O)[nH]c1CCN(C)C. The highest BCUT2D eigenvalue weighted by Gasteiger charge is 2.13.